The zero-order valence-corrected chi connectivity index (χ0v) is 13.6. The van der Waals surface area contributed by atoms with Gasteiger partial charge >= 0.3 is 0 Å². The van der Waals surface area contributed by atoms with Crippen LogP contribution >= 0.6 is 0 Å². The maximum atomic E-state index is 11.9. The lowest BCUT2D eigenvalue weighted by Gasteiger charge is -2.37. The Morgan fingerprint density at radius 2 is 2.24 bits per heavy atom. The monoisotopic (exact) mass is 297 g/mol. The molecule has 1 aliphatic carbocycles. The van der Waals surface area contributed by atoms with E-state index in [1.807, 2.05) is 6.92 Å². The molecule has 0 radical (unpaired) electrons. The lowest BCUT2D eigenvalue weighted by Crippen LogP contribution is -2.55. The van der Waals surface area contributed by atoms with E-state index in [-0.39, 0.29) is 5.91 Å². The molecule has 2 rings (SSSR count). The van der Waals surface area contributed by atoms with Crippen LogP contribution in [-0.4, -0.2) is 54.7 Å². The van der Waals surface area contributed by atoms with E-state index in [4.69, 9.17) is 10.5 Å². The summed E-state index contributed by atoms with van der Waals surface area (Å²) in [6.07, 6.45) is 6.55. The Hall–Kier alpha value is -0.650. The van der Waals surface area contributed by atoms with Gasteiger partial charge in [-0.25, -0.2) is 0 Å². The summed E-state index contributed by atoms with van der Waals surface area (Å²) in [5.74, 6) is -0.192. The first-order valence-electron chi connectivity index (χ1n) is 8.52. The zero-order chi connectivity index (χ0) is 15.3. The van der Waals surface area contributed by atoms with Crippen LogP contribution in [0.4, 0.5) is 0 Å². The molecular weight excluding hydrogens is 266 g/mol. The summed E-state index contributed by atoms with van der Waals surface area (Å²) < 4.78 is 5.92. The molecule has 0 aromatic heterocycles. The molecule has 1 heterocycles. The minimum Gasteiger partial charge on any atom is -0.377 e. The number of rotatable bonds is 7. The molecule has 2 fully saturated rings. The van der Waals surface area contributed by atoms with Gasteiger partial charge in [0.15, 0.2) is 0 Å². The Labute approximate surface area is 128 Å². The number of likely N-dealkylation sites (N-methyl/N-ethyl adjacent to an activating group) is 1. The van der Waals surface area contributed by atoms with Crippen molar-refractivity contribution in [1.82, 2.24) is 10.2 Å². The van der Waals surface area contributed by atoms with Crippen molar-refractivity contribution in [3.8, 4) is 0 Å². The number of carbonyl (C=O) groups excluding carboxylic acids is 1. The first-order chi connectivity index (χ1) is 10.1. The third kappa shape index (κ3) is 3.96. The lowest BCUT2D eigenvalue weighted by atomic mass is 9.95. The Morgan fingerprint density at radius 3 is 2.90 bits per heavy atom. The first kappa shape index (κ1) is 16.7. The fraction of sp³-hybridized carbons (Fsp3) is 0.938. The average molecular weight is 297 g/mol. The summed E-state index contributed by atoms with van der Waals surface area (Å²) in [5.41, 5.74) is 5.17. The van der Waals surface area contributed by atoms with E-state index in [1.54, 1.807) is 0 Å². The van der Waals surface area contributed by atoms with Crippen LogP contribution in [0.2, 0.25) is 0 Å². The van der Waals surface area contributed by atoms with Gasteiger partial charge in [-0.3, -0.25) is 9.69 Å². The van der Waals surface area contributed by atoms with Crippen molar-refractivity contribution in [3.63, 3.8) is 0 Å². The molecule has 1 amide bonds. The third-order valence-electron chi connectivity index (χ3n) is 4.96. The summed E-state index contributed by atoms with van der Waals surface area (Å²) >= 11 is 0. The topological polar surface area (TPSA) is 67.6 Å². The molecule has 0 aromatic carbocycles. The van der Waals surface area contributed by atoms with Gasteiger partial charge in [-0.2, -0.15) is 0 Å². The normalized spacial score (nSPS) is 34.2. The summed E-state index contributed by atoms with van der Waals surface area (Å²) in [6.45, 7) is 7.95. The lowest BCUT2D eigenvalue weighted by molar-refractivity contribution is -0.124. The van der Waals surface area contributed by atoms with E-state index in [9.17, 15) is 4.79 Å². The van der Waals surface area contributed by atoms with Gasteiger partial charge in [-0.1, -0.05) is 13.8 Å². The van der Waals surface area contributed by atoms with Crippen LogP contribution in [0.1, 0.15) is 52.4 Å². The molecule has 3 unspecified atom stereocenters. The Bertz CT molecular complexity index is 350. The molecule has 5 nitrogen and oxygen atoms in total. The highest BCUT2D eigenvalue weighted by atomic mass is 16.5. The van der Waals surface area contributed by atoms with Gasteiger partial charge in [-0.05, 0) is 51.6 Å². The van der Waals surface area contributed by atoms with Gasteiger partial charge in [0, 0.05) is 19.2 Å². The van der Waals surface area contributed by atoms with Gasteiger partial charge in [0.25, 0.3) is 0 Å². The molecule has 1 saturated heterocycles. The highest BCUT2D eigenvalue weighted by Gasteiger charge is 2.45. The van der Waals surface area contributed by atoms with Gasteiger partial charge in [0.1, 0.15) is 0 Å². The minimum atomic E-state index is -0.489. The summed E-state index contributed by atoms with van der Waals surface area (Å²) in [7, 11) is 0. The fourth-order valence-electron chi connectivity index (χ4n) is 3.86. The summed E-state index contributed by atoms with van der Waals surface area (Å²) in [4.78, 5) is 14.4. The van der Waals surface area contributed by atoms with Gasteiger partial charge in [0.05, 0.1) is 11.6 Å². The largest absolute Gasteiger partial charge is 0.377 e. The molecule has 21 heavy (non-hydrogen) atoms. The molecule has 3 atom stereocenters. The second-order valence-corrected chi connectivity index (χ2v) is 6.50. The third-order valence-corrected chi connectivity index (χ3v) is 4.96. The van der Waals surface area contributed by atoms with Crippen LogP contribution in [0.3, 0.4) is 0 Å². The van der Waals surface area contributed by atoms with Crippen molar-refractivity contribution in [3.05, 3.63) is 0 Å². The SMILES string of the molecule is CCCOC1CCCN(C2CCC(NCC)(C(N)=O)C2)C1. The molecule has 3 N–H and O–H groups in total. The van der Waals surface area contributed by atoms with E-state index in [1.165, 1.54) is 6.42 Å². The number of ether oxygens (including phenoxy) is 1. The molecule has 0 aromatic rings. The Morgan fingerprint density at radius 1 is 1.43 bits per heavy atom. The Balaban J connectivity index is 1.92. The van der Waals surface area contributed by atoms with E-state index in [0.29, 0.717) is 12.1 Å². The predicted molar refractivity (Wildman–Crippen MR) is 84.1 cm³/mol. The second-order valence-electron chi connectivity index (χ2n) is 6.50. The van der Waals surface area contributed by atoms with E-state index >= 15 is 0 Å². The van der Waals surface area contributed by atoms with Crippen LogP contribution in [0.25, 0.3) is 0 Å². The zero-order valence-electron chi connectivity index (χ0n) is 13.6. The molecule has 0 bridgehead atoms. The number of likely N-dealkylation sites (tertiary alicyclic amines) is 1. The van der Waals surface area contributed by atoms with Crippen LogP contribution in [0.5, 0.6) is 0 Å². The molecule has 122 valence electrons. The smallest absolute Gasteiger partial charge is 0.237 e. The maximum Gasteiger partial charge on any atom is 0.237 e. The number of piperidine rings is 1. The van der Waals surface area contributed by atoms with Crippen LogP contribution in [-0.2, 0) is 9.53 Å². The summed E-state index contributed by atoms with van der Waals surface area (Å²) in [5, 5.41) is 3.34. The van der Waals surface area contributed by atoms with E-state index in [0.717, 1.165) is 58.3 Å². The van der Waals surface area contributed by atoms with E-state index < -0.39 is 5.54 Å². The van der Waals surface area contributed by atoms with E-state index in [2.05, 4.69) is 17.1 Å². The number of primary amides is 1. The number of hydrogen-bond acceptors (Lipinski definition) is 4. The van der Waals surface area contributed by atoms with Gasteiger partial charge < -0.3 is 15.8 Å². The first-order valence-corrected chi connectivity index (χ1v) is 8.52. The molecular formula is C16H31N3O2. The van der Waals surface area contributed by atoms with Crippen LogP contribution in [0, 0.1) is 0 Å². The predicted octanol–water partition coefficient (Wildman–Crippen LogP) is 1.26. The minimum absolute atomic E-state index is 0.192. The number of amides is 1. The maximum absolute atomic E-state index is 11.9. The van der Waals surface area contributed by atoms with Gasteiger partial charge in [-0.15, -0.1) is 0 Å². The molecule has 0 spiro atoms. The molecule has 1 aliphatic heterocycles. The van der Waals surface area contributed by atoms with Crippen molar-refractivity contribution < 1.29 is 9.53 Å². The standard InChI is InChI=1S/C16H31N3O2/c1-3-10-21-14-6-5-9-19(12-14)13-7-8-16(11-13,15(17)20)18-4-2/h13-14,18H,3-12H2,1-2H3,(H2,17,20). The number of nitrogens with two attached hydrogens (primary N) is 1. The fourth-order valence-corrected chi connectivity index (χ4v) is 3.86. The molecule has 5 heteroatoms. The highest BCUT2D eigenvalue weighted by Crippen LogP contribution is 2.34. The quantitative estimate of drug-likeness (QED) is 0.742. The highest BCUT2D eigenvalue weighted by molar-refractivity contribution is 5.85. The average Bonchev–Trinajstić information content (AvgIpc) is 2.91. The number of carbonyl (C=O) groups is 1. The number of nitrogens with zero attached hydrogens (tertiary/aromatic N) is 1. The van der Waals surface area contributed by atoms with Crippen molar-refractivity contribution in [1.29, 1.82) is 0 Å². The van der Waals surface area contributed by atoms with Gasteiger partial charge in [0.2, 0.25) is 5.91 Å². The van der Waals surface area contributed by atoms with Crippen molar-refractivity contribution in [2.45, 2.75) is 70.1 Å². The number of nitrogens with one attached hydrogen (secondary N) is 1. The van der Waals surface area contributed by atoms with Crippen molar-refractivity contribution in [2.24, 2.45) is 5.73 Å². The van der Waals surface area contributed by atoms with Crippen molar-refractivity contribution in [2.75, 3.05) is 26.2 Å². The molecule has 2 aliphatic rings. The van der Waals surface area contributed by atoms with Crippen LogP contribution in [0.15, 0.2) is 0 Å². The molecule has 1 saturated carbocycles. The summed E-state index contributed by atoms with van der Waals surface area (Å²) in [6, 6.07) is 0.463. The number of hydrogen-bond donors (Lipinski definition) is 2. The second kappa shape index (κ2) is 7.56. The van der Waals surface area contributed by atoms with Crippen LogP contribution < -0.4 is 11.1 Å². The van der Waals surface area contributed by atoms with Crippen molar-refractivity contribution >= 4 is 5.91 Å². The Kier molecular flexibility index (Phi) is 6.02.